The zero-order valence-electron chi connectivity index (χ0n) is 21.0. The van der Waals surface area contributed by atoms with E-state index in [4.69, 9.17) is 14.5 Å². The van der Waals surface area contributed by atoms with Gasteiger partial charge in [0, 0.05) is 25.6 Å². The fraction of sp³-hybridized carbons (Fsp3) is 0.393. The zero-order chi connectivity index (χ0) is 25.3. The summed E-state index contributed by atoms with van der Waals surface area (Å²) in [7, 11) is 2.80. The van der Waals surface area contributed by atoms with Crippen molar-refractivity contribution in [1.29, 1.82) is 0 Å². The van der Waals surface area contributed by atoms with E-state index in [0.717, 1.165) is 44.3 Å². The first-order valence-corrected chi connectivity index (χ1v) is 12.4. The van der Waals surface area contributed by atoms with E-state index in [0.29, 0.717) is 29.2 Å². The fourth-order valence-electron chi connectivity index (χ4n) is 4.67. The topological polar surface area (TPSA) is 94.5 Å². The highest BCUT2D eigenvalue weighted by atomic mass is 16.5. The number of amides is 1. The first-order valence-electron chi connectivity index (χ1n) is 12.4. The van der Waals surface area contributed by atoms with Gasteiger partial charge in [-0.05, 0) is 49.7 Å². The van der Waals surface area contributed by atoms with Crippen LogP contribution >= 0.6 is 0 Å². The number of esters is 1. The second-order valence-corrected chi connectivity index (χ2v) is 9.06. The zero-order valence-corrected chi connectivity index (χ0v) is 21.0. The van der Waals surface area contributed by atoms with Crippen molar-refractivity contribution in [2.45, 2.75) is 38.6 Å². The lowest BCUT2D eigenvalue weighted by molar-refractivity contribution is -0.119. The summed E-state index contributed by atoms with van der Waals surface area (Å²) in [6.45, 7) is 1.26. The summed E-state index contributed by atoms with van der Waals surface area (Å²) in [5.74, 6) is -0.304. The number of benzene rings is 1. The molecule has 0 radical (unpaired) electrons. The molecule has 190 valence electrons. The van der Waals surface area contributed by atoms with Crippen LogP contribution in [0, 0.1) is 5.92 Å². The molecule has 3 aromatic rings. The standard InChI is InChI=1S/C28H34N4O4/c1-35-19-24(33)31-25-23-16-22(29-17-21-12-7-4-8-13-21)18-30-27(23)32(26(25)28(34)36-2)15-9-14-20-10-5-3-6-11-20/h3-7,10-11,16,18,21,29H,8-9,12-15,17,19H2,1-2H3,(H,31,33)/t21-/m0/s1. The van der Waals surface area contributed by atoms with E-state index in [2.05, 4.69) is 34.9 Å². The molecule has 36 heavy (non-hydrogen) atoms. The van der Waals surface area contributed by atoms with Gasteiger partial charge in [-0.15, -0.1) is 0 Å². The minimum absolute atomic E-state index is 0.123. The lowest BCUT2D eigenvalue weighted by atomic mass is 9.94. The Bertz CT molecular complexity index is 1220. The Labute approximate surface area is 211 Å². The number of hydrogen-bond acceptors (Lipinski definition) is 6. The van der Waals surface area contributed by atoms with Crippen molar-refractivity contribution in [2.24, 2.45) is 5.92 Å². The number of ether oxygens (including phenoxy) is 2. The second kappa shape index (κ2) is 12.4. The van der Waals surface area contributed by atoms with Crippen LogP contribution in [0.4, 0.5) is 11.4 Å². The van der Waals surface area contributed by atoms with Crippen LogP contribution in [0.1, 0.15) is 41.7 Å². The maximum absolute atomic E-state index is 12.9. The van der Waals surface area contributed by atoms with Crippen LogP contribution in [0.25, 0.3) is 11.0 Å². The largest absolute Gasteiger partial charge is 0.464 e. The Morgan fingerprint density at radius 2 is 2.00 bits per heavy atom. The number of anilines is 2. The number of aromatic nitrogens is 2. The van der Waals surface area contributed by atoms with E-state index in [9.17, 15) is 9.59 Å². The van der Waals surface area contributed by atoms with Crippen molar-refractivity contribution in [3.05, 3.63) is 66.0 Å². The van der Waals surface area contributed by atoms with Gasteiger partial charge in [0.25, 0.3) is 0 Å². The normalized spacial score (nSPS) is 15.1. The molecule has 1 amide bonds. The third kappa shape index (κ3) is 6.12. The summed E-state index contributed by atoms with van der Waals surface area (Å²) in [6.07, 6.45) is 11.2. The summed E-state index contributed by atoms with van der Waals surface area (Å²) < 4.78 is 12.0. The SMILES string of the molecule is COCC(=O)Nc1c(C(=O)OC)n(CCCc2ccccc2)c2ncc(NC[C@H]3CC=CCC3)cc12. The number of pyridine rings is 1. The molecule has 0 bridgehead atoms. The van der Waals surface area contributed by atoms with Crippen LogP contribution in [-0.4, -0.2) is 48.8 Å². The minimum atomic E-state index is -0.524. The molecule has 0 saturated heterocycles. The number of carbonyl (C=O) groups excluding carboxylic acids is 2. The van der Waals surface area contributed by atoms with E-state index in [1.54, 1.807) is 6.20 Å². The molecule has 1 atom stereocenters. The lowest BCUT2D eigenvalue weighted by Gasteiger charge is -2.18. The van der Waals surface area contributed by atoms with Crippen molar-refractivity contribution in [3.63, 3.8) is 0 Å². The molecule has 8 nitrogen and oxygen atoms in total. The average Bonchev–Trinajstić information content (AvgIpc) is 3.20. The van der Waals surface area contributed by atoms with Crippen molar-refractivity contribution >= 4 is 34.3 Å². The average molecular weight is 491 g/mol. The first-order chi connectivity index (χ1) is 17.6. The third-order valence-corrected chi connectivity index (χ3v) is 6.48. The van der Waals surface area contributed by atoms with Crippen LogP contribution in [0.3, 0.4) is 0 Å². The molecule has 0 spiro atoms. The van der Waals surface area contributed by atoms with E-state index < -0.39 is 5.97 Å². The molecule has 0 aliphatic heterocycles. The predicted octanol–water partition coefficient (Wildman–Crippen LogP) is 4.81. The Balaban J connectivity index is 1.67. The first kappa shape index (κ1) is 25.4. The summed E-state index contributed by atoms with van der Waals surface area (Å²) >= 11 is 0. The number of methoxy groups -OCH3 is 2. The van der Waals surface area contributed by atoms with Gasteiger partial charge in [-0.2, -0.15) is 0 Å². The molecule has 2 aromatic heterocycles. The van der Waals surface area contributed by atoms with E-state index >= 15 is 0 Å². The molecule has 1 aromatic carbocycles. The Hall–Kier alpha value is -3.65. The number of nitrogens with one attached hydrogen (secondary N) is 2. The highest BCUT2D eigenvalue weighted by Crippen LogP contribution is 2.33. The Morgan fingerprint density at radius 1 is 1.17 bits per heavy atom. The Kier molecular flexibility index (Phi) is 8.73. The predicted molar refractivity (Wildman–Crippen MR) is 141 cm³/mol. The van der Waals surface area contributed by atoms with Gasteiger partial charge in [-0.3, -0.25) is 4.79 Å². The smallest absolute Gasteiger partial charge is 0.356 e. The highest BCUT2D eigenvalue weighted by molar-refractivity contribution is 6.11. The van der Waals surface area contributed by atoms with Crippen LogP contribution in [0.15, 0.2) is 54.7 Å². The van der Waals surface area contributed by atoms with Gasteiger partial charge in [-0.25, -0.2) is 9.78 Å². The molecule has 2 heterocycles. The van der Waals surface area contributed by atoms with Crippen LogP contribution < -0.4 is 10.6 Å². The third-order valence-electron chi connectivity index (χ3n) is 6.48. The molecule has 1 aliphatic carbocycles. The minimum Gasteiger partial charge on any atom is -0.464 e. The van der Waals surface area contributed by atoms with E-state index in [-0.39, 0.29) is 18.2 Å². The fourth-order valence-corrected chi connectivity index (χ4v) is 4.67. The monoisotopic (exact) mass is 490 g/mol. The molecule has 2 N–H and O–H groups in total. The van der Waals surface area contributed by atoms with Crippen LogP contribution in [-0.2, 0) is 27.2 Å². The summed E-state index contributed by atoms with van der Waals surface area (Å²) in [5.41, 5.74) is 3.38. The van der Waals surface area contributed by atoms with Gasteiger partial charge >= 0.3 is 5.97 Å². The van der Waals surface area contributed by atoms with Gasteiger partial charge in [-0.1, -0.05) is 42.5 Å². The molecule has 1 aliphatic rings. The Morgan fingerprint density at radius 3 is 2.72 bits per heavy atom. The number of nitrogens with zero attached hydrogens (tertiary/aromatic N) is 2. The molecular formula is C28H34N4O4. The van der Waals surface area contributed by atoms with Gasteiger partial charge < -0.3 is 24.7 Å². The quantitative estimate of drug-likeness (QED) is 0.296. The summed E-state index contributed by atoms with van der Waals surface area (Å²) in [6, 6.07) is 12.2. The molecule has 4 rings (SSSR count). The van der Waals surface area contributed by atoms with Gasteiger partial charge in [0.2, 0.25) is 5.91 Å². The molecule has 0 unspecified atom stereocenters. The van der Waals surface area contributed by atoms with Crippen LogP contribution in [0.5, 0.6) is 0 Å². The molecule has 8 heteroatoms. The second-order valence-electron chi connectivity index (χ2n) is 9.06. The number of allylic oxidation sites excluding steroid dienone is 2. The number of aryl methyl sites for hydroxylation is 2. The maximum Gasteiger partial charge on any atom is 0.356 e. The van der Waals surface area contributed by atoms with Crippen molar-refractivity contribution in [2.75, 3.05) is 38.0 Å². The van der Waals surface area contributed by atoms with Gasteiger partial charge in [0.05, 0.1) is 24.7 Å². The highest BCUT2D eigenvalue weighted by Gasteiger charge is 2.26. The van der Waals surface area contributed by atoms with E-state index in [1.165, 1.54) is 19.8 Å². The number of fused-ring (bicyclic) bond motifs is 1. The van der Waals surface area contributed by atoms with Crippen molar-refractivity contribution < 1.29 is 19.1 Å². The van der Waals surface area contributed by atoms with Crippen molar-refractivity contribution in [1.82, 2.24) is 9.55 Å². The molecular weight excluding hydrogens is 456 g/mol. The molecule has 0 fully saturated rings. The van der Waals surface area contributed by atoms with Crippen LogP contribution in [0.2, 0.25) is 0 Å². The van der Waals surface area contributed by atoms with E-state index in [1.807, 2.05) is 28.8 Å². The lowest BCUT2D eigenvalue weighted by Crippen LogP contribution is -2.20. The summed E-state index contributed by atoms with van der Waals surface area (Å²) in [4.78, 5) is 30.2. The number of carbonyl (C=O) groups is 2. The molecule has 0 saturated carbocycles. The van der Waals surface area contributed by atoms with Crippen molar-refractivity contribution in [3.8, 4) is 0 Å². The number of rotatable bonds is 11. The maximum atomic E-state index is 12.9. The van der Waals surface area contributed by atoms with Gasteiger partial charge in [0.15, 0.2) is 5.69 Å². The van der Waals surface area contributed by atoms with Gasteiger partial charge in [0.1, 0.15) is 12.3 Å². The summed E-state index contributed by atoms with van der Waals surface area (Å²) in [5, 5.41) is 7.05. The number of hydrogen-bond donors (Lipinski definition) is 2.